The van der Waals surface area contributed by atoms with Gasteiger partial charge in [0.2, 0.25) is 11.8 Å². The number of amides is 2. The Morgan fingerprint density at radius 2 is 1.06 bits per heavy atom. The van der Waals surface area contributed by atoms with Crippen LogP contribution >= 0.6 is 0 Å². The monoisotopic (exact) mass is 460 g/mol. The number of carbonyl (C=O) groups excluding carboxylic acids is 3. The number of benzene rings is 2. The van der Waals surface area contributed by atoms with Crippen molar-refractivity contribution in [2.45, 2.75) is 38.5 Å². The van der Waals surface area contributed by atoms with Crippen LogP contribution in [0.3, 0.4) is 0 Å². The highest BCUT2D eigenvalue weighted by Gasteiger charge is 2.27. The lowest BCUT2D eigenvalue weighted by atomic mass is 10.0. The van der Waals surface area contributed by atoms with Gasteiger partial charge in [0.05, 0.1) is 0 Å². The first-order valence-corrected chi connectivity index (χ1v) is 12.4. The number of likely N-dealkylation sites (tertiary alicyclic amines) is 2. The first kappa shape index (κ1) is 22.7. The number of fused-ring (bicyclic) bond motifs is 3. The molecule has 2 heterocycles. The highest BCUT2D eigenvalue weighted by molar-refractivity contribution is 6.22. The largest absolute Gasteiger partial charge is 0.326 e. The first-order valence-electron chi connectivity index (χ1n) is 12.4. The molecule has 2 aromatic carbocycles. The smallest absolute Gasteiger partial charge is 0.225 e. The first-order chi connectivity index (χ1) is 16.6. The topological polar surface area (TPSA) is 81.8 Å². The molecule has 2 saturated heterocycles. The number of anilines is 2. The Bertz CT molecular complexity index is 1020. The summed E-state index contributed by atoms with van der Waals surface area (Å²) in [4.78, 5) is 42.5. The van der Waals surface area contributed by atoms with Crippen LogP contribution in [0.2, 0.25) is 0 Å². The van der Waals surface area contributed by atoms with Crippen LogP contribution in [-0.4, -0.2) is 66.7 Å². The van der Waals surface area contributed by atoms with Crippen molar-refractivity contribution in [3.8, 4) is 11.1 Å². The molecule has 0 radical (unpaired) electrons. The molecule has 5 rings (SSSR count). The molecule has 0 atom stereocenters. The summed E-state index contributed by atoms with van der Waals surface area (Å²) >= 11 is 0. The van der Waals surface area contributed by atoms with E-state index in [1.54, 1.807) is 12.1 Å². The number of rotatable bonds is 8. The molecule has 7 heteroatoms. The molecule has 2 aromatic rings. The number of hydrogen-bond donors (Lipinski definition) is 2. The third-order valence-corrected chi connectivity index (χ3v) is 7.09. The van der Waals surface area contributed by atoms with Crippen molar-refractivity contribution in [1.29, 1.82) is 0 Å². The SMILES string of the molecule is O=C(CCN1CCCC1)Nc1ccc2c(c1)C(=O)c1cc(NC(=O)CCN3CCCC3)ccc1-2. The molecule has 0 saturated carbocycles. The van der Waals surface area contributed by atoms with Crippen LogP contribution in [0.4, 0.5) is 11.4 Å². The second-order valence-corrected chi connectivity index (χ2v) is 9.54. The highest BCUT2D eigenvalue weighted by Crippen LogP contribution is 2.39. The van der Waals surface area contributed by atoms with Crippen LogP contribution in [0.15, 0.2) is 36.4 Å². The van der Waals surface area contributed by atoms with Crippen molar-refractivity contribution >= 4 is 29.0 Å². The standard InChI is InChI=1S/C27H32N4O3/c32-25(9-15-30-11-1-2-12-30)28-19-5-7-21-22-8-6-20(18-24(22)27(34)23(21)17-19)29-26(33)10-16-31-13-3-4-14-31/h5-8,17-18H,1-4,9-16H2,(H,28,32)(H,29,33). The molecule has 1 aliphatic carbocycles. The van der Waals surface area contributed by atoms with E-state index in [1.807, 2.05) is 24.3 Å². The Balaban J connectivity index is 1.20. The number of hydrogen-bond acceptors (Lipinski definition) is 5. The predicted molar refractivity (Wildman–Crippen MR) is 133 cm³/mol. The summed E-state index contributed by atoms with van der Waals surface area (Å²) < 4.78 is 0. The predicted octanol–water partition coefficient (Wildman–Crippen LogP) is 3.75. The summed E-state index contributed by atoms with van der Waals surface area (Å²) in [7, 11) is 0. The van der Waals surface area contributed by atoms with Gasteiger partial charge in [0.15, 0.2) is 5.78 Å². The Hall–Kier alpha value is -3.03. The van der Waals surface area contributed by atoms with E-state index in [0.717, 1.165) is 50.4 Å². The van der Waals surface area contributed by atoms with E-state index in [9.17, 15) is 14.4 Å². The third kappa shape index (κ3) is 5.05. The lowest BCUT2D eigenvalue weighted by Crippen LogP contribution is -2.25. The Morgan fingerprint density at radius 1 is 0.647 bits per heavy atom. The molecule has 7 nitrogen and oxygen atoms in total. The van der Waals surface area contributed by atoms with Gasteiger partial charge >= 0.3 is 0 Å². The molecule has 0 unspecified atom stereocenters. The van der Waals surface area contributed by atoms with Crippen molar-refractivity contribution in [2.24, 2.45) is 0 Å². The molecule has 178 valence electrons. The van der Waals surface area contributed by atoms with Gasteiger partial charge in [-0.15, -0.1) is 0 Å². The van der Waals surface area contributed by atoms with Crippen molar-refractivity contribution < 1.29 is 14.4 Å². The summed E-state index contributed by atoms with van der Waals surface area (Å²) in [5.74, 6) is -0.145. The van der Waals surface area contributed by atoms with Gasteiger partial charge in [0.1, 0.15) is 0 Å². The molecule has 0 spiro atoms. The minimum Gasteiger partial charge on any atom is -0.326 e. The zero-order chi connectivity index (χ0) is 23.5. The minimum atomic E-state index is -0.0775. The van der Waals surface area contributed by atoms with E-state index in [4.69, 9.17) is 0 Å². The van der Waals surface area contributed by atoms with E-state index < -0.39 is 0 Å². The Kier molecular flexibility index (Phi) is 6.74. The Morgan fingerprint density at radius 3 is 1.47 bits per heavy atom. The number of nitrogens with zero attached hydrogens (tertiary/aromatic N) is 2. The van der Waals surface area contributed by atoms with Gasteiger partial charge in [-0.1, -0.05) is 12.1 Å². The lowest BCUT2D eigenvalue weighted by Gasteiger charge is -2.14. The van der Waals surface area contributed by atoms with Crippen molar-refractivity contribution in [1.82, 2.24) is 9.80 Å². The third-order valence-electron chi connectivity index (χ3n) is 7.09. The van der Waals surface area contributed by atoms with E-state index in [2.05, 4.69) is 20.4 Å². The average Bonchev–Trinajstić information content (AvgIpc) is 3.59. The summed E-state index contributed by atoms with van der Waals surface area (Å²) in [5, 5.41) is 5.88. The molecule has 2 N–H and O–H groups in total. The van der Waals surface area contributed by atoms with Crippen LogP contribution in [0.1, 0.15) is 54.4 Å². The molecule has 3 aliphatic rings. The molecule has 2 aliphatic heterocycles. The van der Waals surface area contributed by atoms with Gasteiger partial charge in [-0.3, -0.25) is 14.4 Å². The normalized spacial score (nSPS) is 17.6. The number of ketones is 1. The summed E-state index contributed by atoms with van der Waals surface area (Å²) in [6.45, 7) is 5.82. The fourth-order valence-electron chi connectivity index (χ4n) is 5.21. The summed E-state index contributed by atoms with van der Waals surface area (Å²) in [6, 6.07) is 11.0. The maximum absolute atomic E-state index is 13.1. The minimum absolute atomic E-state index is 0.0336. The quantitative estimate of drug-likeness (QED) is 0.535. The second-order valence-electron chi connectivity index (χ2n) is 9.54. The molecule has 0 bridgehead atoms. The lowest BCUT2D eigenvalue weighted by molar-refractivity contribution is -0.117. The van der Waals surface area contributed by atoms with Crippen LogP contribution in [0.5, 0.6) is 0 Å². The van der Waals surface area contributed by atoms with Crippen molar-refractivity contribution in [3.63, 3.8) is 0 Å². The van der Waals surface area contributed by atoms with Crippen LogP contribution in [0.25, 0.3) is 11.1 Å². The van der Waals surface area contributed by atoms with Crippen LogP contribution in [-0.2, 0) is 9.59 Å². The molecule has 2 amide bonds. The van der Waals surface area contributed by atoms with Crippen molar-refractivity contribution in [2.75, 3.05) is 49.9 Å². The van der Waals surface area contributed by atoms with Gasteiger partial charge in [-0.25, -0.2) is 0 Å². The number of nitrogens with one attached hydrogen (secondary N) is 2. The fraction of sp³-hybridized carbons (Fsp3) is 0.444. The van der Waals surface area contributed by atoms with Gasteiger partial charge in [0, 0.05) is 48.4 Å². The molecule has 2 fully saturated rings. The van der Waals surface area contributed by atoms with Crippen LogP contribution < -0.4 is 10.6 Å². The summed E-state index contributed by atoms with van der Waals surface area (Å²) in [6.07, 6.45) is 5.73. The maximum atomic E-state index is 13.1. The average molecular weight is 461 g/mol. The highest BCUT2D eigenvalue weighted by atomic mass is 16.2. The Labute approximate surface area is 200 Å². The summed E-state index contributed by atoms with van der Waals surface area (Å²) in [5.41, 5.74) is 4.18. The fourth-order valence-corrected chi connectivity index (χ4v) is 5.21. The molecule has 34 heavy (non-hydrogen) atoms. The van der Waals surface area contributed by atoms with Crippen molar-refractivity contribution in [3.05, 3.63) is 47.5 Å². The van der Waals surface area contributed by atoms with Gasteiger partial charge in [0.25, 0.3) is 0 Å². The van der Waals surface area contributed by atoms with E-state index in [-0.39, 0.29) is 17.6 Å². The van der Waals surface area contributed by atoms with Gasteiger partial charge in [-0.05, 0) is 87.3 Å². The van der Waals surface area contributed by atoms with E-state index in [0.29, 0.717) is 35.3 Å². The van der Waals surface area contributed by atoms with Gasteiger partial charge < -0.3 is 20.4 Å². The molecular weight excluding hydrogens is 428 g/mol. The zero-order valence-corrected chi connectivity index (χ0v) is 19.6. The van der Waals surface area contributed by atoms with Gasteiger partial charge in [-0.2, -0.15) is 0 Å². The second kappa shape index (κ2) is 10.1. The van der Waals surface area contributed by atoms with Crippen LogP contribution in [0, 0.1) is 0 Å². The molecule has 0 aromatic heterocycles. The van der Waals surface area contributed by atoms with E-state index in [1.165, 1.54) is 25.7 Å². The maximum Gasteiger partial charge on any atom is 0.225 e. The number of carbonyl (C=O) groups is 3. The van der Waals surface area contributed by atoms with E-state index >= 15 is 0 Å². The zero-order valence-electron chi connectivity index (χ0n) is 19.6. The molecular formula is C27H32N4O3.